The molecular formula is C12H15F5N2. The van der Waals surface area contributed by atoms with E-state index >= 15 is 0 Å². The van der Waals surface area contributed by atoms with E-state index in [-0.39, 0.29) is 13.1 Å². The zero-order valence-corrected chi connectivity index (χ0v) is 10.3. The maximum absolute atomic E-state index is 13.0. The maximum atomic E-state index is 13.0. The summed E-state index contributed by atoms with van der Waals surface area (Å²) in [7, 11) is 1.49. The van der Waals surface area contributed by atoms with Gasteiger partial charge in [0.25, 0.3) is 0 Å². The van der Waals surface area contributed by atoms with E-state index in [2.05, 4.69) is 0 Å². The molecule has 0 amide bonds. The molecule has 0 aromatic heterocycles. The molecule has 108 valence electrons. The fraction of sp³-hybridized carbons (Fsp3) is 0.500. The first-order valence-corrected chi connectivity index (χ1v) is 5.65. The molecule has 2 N–H and O–H groups in total. The Morgan fingerprint density at radius 3 is 2.37 bits per heavy atom. The van der Waals surface area contributed by atoms with E-state index in [0.29, 0.717) is 5.56 Å². The largest absolute Gasteiger partial charge is 0.390 e. The average Bonchev–Trinajstić information content (AvgIpc) is 2.29. The topological polar surface area (TPSA) is 29.3 Å². The summed E-state index contributed by atoms with van der Waals surface area (Å²) in [5.74, 6) is -2.01. The molecule has 1 atom stereocenters. The summed E-state index contributed by atoms with van der Waals surface area (Å²) in [4.78, 5) is 1.40. The second-order valence-electron chi connectivity index (χ2n) is 4.41. The van der Waals surface area contributed by atoms with Crippen molar-refractivity contribution in [1.29, 1.82) is 0 Å². The molecule has 19 heavy (non-hydrogen) atoms. The van der Waals surface area contributed by atoms with Crippen molar-refractivity contribution < 1.29 is 22.0 Å². The summed E-state index contributed by atoms with van der Waals surface area (Å²) in [5.41, 5.74) is 6.09. The number of nitrogens with two attached hydrogens (primary N) is 1. The molecule has 0 radical (unpaired) electrons. The Kier molecular flexibility index (Phi) is 5.25. The predicted molar refractivity (Wildman–Crippen MR) is 61.5 cm³/mol. The van der Waals surface area contributed by atoms with Gasteiger partial charge < -0.3 is 10.6 Å². The van der Waals surface area contributed by atoms with Crippen LogP contribution in [-0.4, -0.2) is 31.2 Å². The molecule has 0 heterocycles. The monoisotopic (exact) mass is 282 g/mol. The number of nitrogens with zero attached hydrogens (tertiary/aromatic N) is 1. The van der Waals surface area contributed by atoms with E-state index < -0.39 is 30.3 Å². The Bertz CT molecular complexity index is 419. The Hall–Kier alpha value is -1.21. The molecule has 7 heteroatoms. The van der Waals surface area contributed by atoms with Gasteiger partial charge in [-0.25, -0.2) is 8.78 Å². The number of hydrogen-bond acceptors (Lipinski definition) is 2. The Balaban J connectivity index is 2.54. The number of rotatable bonds is 5. The van der Waals surface area contributed by atoms with Gasteiger partial charge in [0.2, 0.25) is 0 Å². The van der Waals surface area contributed by atoms with Gasteiger partial charge in [0.15, 0.2) is 11.6 Å². The van der Waals surface area contributed by atoms with Crippen LogP contribution in [-0.2, 0) is 0 Å². The van der Waals surface area contributed by atoms with Crippen molar-refractivity contribution in [2.45, 2.75) is 18.6 Å². The standard InChI is InChI=1S/C12H15F5N2/c1-19(5-4-12(15,16)17)7-11(18)8-2-3-9(13)10(14)6-8/h2-3,6,11H,4-5,7,18H2,1H3. The predicted octanol–water partition coefficient (Wildman–Crippen LogP) is 2.85. The first-order valence-electron chi connectivity index (χ1n) is 5.65. The Labute approximate surface area is 108 Å². The number of hydrogen-bond donors (Lipinski definition) is 1. The van der Waals surface area contributed by atoms with Crippen molar-refractivity contribution in [2.24, 2.45) is 5.73 Å². The molecule has 0 aliphatic rings. The van der Waals surface area contributed by atoms with Gasteiger partial charge in [-0.3, -0.25) is 0 Å². The molecule has 1 unspecified atom stereocenters. The zero-order chi connectivity index (χ0) is 14.6. The van der Waals surface area contributed by atoms with E-state index in [9.17, 15) is 22.0 Å². The van der Waals surface area contributed by atoms with Crippen LogP contribution in [0.3, 0.4) is 0 Å². The number of likely N-dealkylation sites (N-methyl/N-ethyl adjacent to an activating group) is 1. The molecule has 0 spiro atoms. The van der Waals surface area contributed by atoms with Crippen molar-refractivity contribution in [3.05, 3.63) is 35.4 Å². The minimum atomic E-state index is -4.22. The highest BCUT2D eigenvalue weighted by molar-refractivity contribution is 5.21. The van der Waals surface area contributed by atoms with Crippen LogP contribution in [0.25, 0.3) is 0 Å². The lowest BCUT2D eigenvalue weighted by atomic mass is 10.1. The average molecular weight is 282 g/mol. The molecule has 0 bridgehead atoms. The highest BCUT2D eigenvalue weighted by atomic mass is 19.4. The fourth-order valence-electron chi connectivity index (χ4n) is 1.59. The summed E-state index contributed by atoms with van der Waals surface area (Å²) < 4.78 is 61.8. The normalized spacial score (nSPS) is 13.9. The summed E-state index contributed by atoms with van der Waals surface area (Å²) >= 11 is 0. The molecule has 0 fully saturated rings. The zero-order valence-electron chi connectivity index (χ0n) is 10.3. The molecule has 1 aromatic carbocycles. The van der Waals surface area contributed by atoms with Crippen LogP contribution in [0.15, 0.2) is 18.2 Å². The van der Waals surface area contributed by atoms with Gasteiger partial charge in [-0.2, -0.15) is 13.2 Å². The summed E-state index contributed by atoms with van der Waals surface area (Å²) in [6.07, 6.45) is -5.16. The number of alkyl halides is 3. The summed E-state index contributed by atoms with van der Waals surface area (Å²) in [5, 5.41) is 0. The number of halogens is 5. The van der Waals surface area contributed by atoms with Crippen LogP contribution >= 0.6 is 0 Å². The van der Waals surface area contributed by atoms with Gasteiger partial charge in [-0.15, -0.1) is 0 Å². The Morgan fingerprint density at radius 1 is 1.21 bits per heavy atom. The van der Waals surface area contributed by atoms with E-state index in [0.717, 1.165) is 12.1 Å². The van der Waals surface area contributed by atoms with Crippen LogP contribution in [0.1, 0.15) is 18.0 Å². The molecular weight excluding hydrogens is 267 g/mol. The minimum absolute atomic E-state index is 0.126. The van der Waals surface area contributed by atoms with Crippen LogP contribution in [0.2, 0.25) is 0 Å². The highest BCUT2D eigenvalue weighted by Crippen LogP contribution is 2.20. The number of benzene rings is 1. The third kappa shape index (κ3) is 5.52. The van der Waals surface area contributed by atoms with Crippen LogP contribution in [0.5, 0.6) is 0 Å². The van der Waals surface area contributed by atoms with Crippen LogP contribution < -0.4 is 5.73 Å². The molecule has 1 aromatic rings. The van der Waals surface area contributed by atoms with Crippen molar-refractivity contribution in [3.8, 4) is 0 Å². The van der Waals surface area contributed by atoms with Crippen molar-refractivity contribution >= 4 is 0 Å². The van der Waals surface area contributed by atoms with Crippen LogP contribution in [0, 0.1) is 11.6 Å². The van der Waals surface area contributed by atoms with Crippen molar-refractivity contribution in [1.82, 2.24) is 4.90 Å². The smallest absolute Gasteiger partial charge is 0.323 e. The molecule has 0 aliphatic carbocycles. The maximum Gasteiger partial charge on any atom is 0.390 e. The minimum Gasteiger partial charge on any atom is -0.323 e. The lowest BCUT2D eigenvalue weighted by molar-refractivity contribution is -0.137. The first-order chi connectivity index (χ1) is 8.69. The van der Waals surface area contributed by atoms with E-state index in [1.807, 2.05) is 0 Å². The lowest BCUT2D eigenvalue weighted by Gasteiger charge is -2.22. The second kappa shape index (κ2) is 6.29. The second-order valence-corrected chi connectivity index (χ2v) is 4.41. The summed E-state index contributed by atoms with van der Waals surface area (Å²) in [6, 6.07) is 2.55. The molecule has 0 aliphatic heterocycles. The third-order valence-electron chi connectivity index (χ3n) is 2.66. The van der Waals surface area contributed by atoms with E-state index in [1.165, 1.54) is 18.0 Å². The SMILES string of the molecule is CN(CCC(F)(F)F)CC(N)c1ccc(F)c(F)c1. The van der Waals surface area contributed by atoms with Crippen molar-refractivity contribution in [3.63, 3.8) is 0 Å². The first kappa shape index (κ1) is 15.8. The highest BCUT2D eigenvalue weighted by Gasteiger charge is 2.27. The fourth-order valence-corrected chi connectivity index (χ4v) is 1.59. The van der Waals surface area contributed by atoms with Gasteiger partial charge in [0.1, 0.15) is 0 Å². The van der Waals surface area contributed by atoms with Crippen LogP contribution in [0.4, 0.5) is 22.0 Å². The third-order valence-corrected chi connectivity index (χ3v) is 2.66. The van der Waals surface area contributed by atoms with E-state index in [4.69, 9.17) is 5.73 Å². The van der Waals surface area contributed by atoms with Gasteiger partial charge in [0, 0.05) is 19.1 Å². The molecule has 1 rings (SSSR count). The van der Waals surface area contributed by atoms with E-state index in [1.54, 1.807) is 0 Å². The van der Waals surface area contributed by atoms with Gasteiger partial charge in [-0.1, -0.05) is 6.07 Å². The molecule has 0 saturated heterocycles. The quantitative estimate of drug-likeness (QED) is 0.841. The van der Waals surface area contributed by atoms with Gasteiger partial charge >= 0.3 is 6.18 Å². The lowest BCUT2D eigenvalue weighted by Crippen LogP contribution is -2.31. The summed E-state index contributed by atoms with van der Waals surface area (Å²) in [6.45, 7) is -0.0674. The molecule has 2 nitrogen and oxygen atoms in total. The van der Waals surface area contributed by atoms with Crippen molar-refractivity contribution in [2.75, 3.05) is 20.1 Å². The van der Waals surface area contributed by atoms with Gasteiger partial charge in [-0.05, 0) is 24.7 Å². The molecule has 0 saturated carbocycles. The Morgan fingerprint density at radius 2 is 1.84 bits per heavy atom. The van der Waals surface area contributed by atoms with Gasteiger partial charge in [0.05, 0.1) is 6.42 Å².